The van der Waals surface area contributed by atoms with Crippen molar-refractivity contribution in [2.75, 3.05) is 4.90 Å². The second-order valence-electron chi connectivity index (χ2n) is 4.91. The number of amides is 2. The summed E-state index contributed by atoms with van der Waals surface area (Å²) >= 11 is 6.87. The second kappa shape index (κ2) is 5.99. The molecule has 0 saturated carbocycles. The van der Waals surface area contributed by atoms with Gasteiger partial charge in [-0.25, -0.2) is 4.90 Å². The van der Waals surface area contributed by atoms with Crippen molar-refractivity contribution < 1.29 is 9.59 Å². The summed E-state index contributed by atoms with van der Waals surface area (Å²) in [7, 11) is 0. The molecule has 0 spiro atoms. The summed E-state index contributed by atoms with van der Waals surface area (Å²) < 4.78 is 0. The summed E-state index contributed by atoms with van der Waals surface area (Å²) in [6.07, 6.45) is 1.74. The summed E-state index contributed by atoms with van der Waals surface area (Å²) in [5, 5.41) is 0.172. The molecule has 0 radical (unpaired) electrons. The van der Waals surface area contributed by atoms with E-state index in [1.54, 1.807) is 30.3 Å². The molecule has 0 bridgehead atoms. The number of hydrogen-bond acceptors (Lipinski definition) is 3. The molecule has 1 saturated heterocycles. The number of benzene rings is 2. The van der Waals surface area contributed by atoms with Gasteiger partial charge in [-0.05, 0) is 48.5 Å². The van der Waals surface area contributed by atoms with Crippen LogP contribution in [0, 0.1) is 6.92 Å². The molecule has 5 heteroatoms. The van der Waals surface area contributed by atoms with Crippen molar-refractivity contribution in [2.24, 2.45) is 0 Å². The summed E-state index contributed by atoms with van der Waals surface area (Å²) in [5.74, 6) is -0.321. The van der Waals surface area contributed by atoms with Crippen LogP contribution < -0.4 is 4.90 Å². The number of imide groups is 1. The summed E-state index contributed by atoms with van der Waals surface area (Å²) in [6, 6.07) is 14.5. The van der Waals surface area contributed by atoms with Gasteiger partial charge >= 0.3 is 0 Å². The van der Waals surface area contributed by atoms with Crippen LogP contribution in [0.1, 0.15) is 11.1 Å². The maximum atomic E-state index is 12.5. The molecule has 0 atom stereocenters. The first-order valence-corrected chi connectivity index (χ1v) is 7.84. The Bertz CT molecular complexity index is 801. The van der Waals surface area contributed by atoms with Gasteiger partial charge < -0.3 is 0 Å². The third kappa shape index (κ3) is 2.93. The third-order valence-electron chi connectivity index (χ3n) is 3.20. The molecule has 22 heavy (non-hydrogen) atoms. The number of rotatable bonds is 2. The molecule has 3 nitrogen and oxygen atoms in total. The lowest BCUT2D eigenvalue weighted by atomic mass is 10.1. The number of aryl methyl sites for hydroxylation is 1. The summed E-state index contributed by atoms with van der Waals surface area (Å²) in [6.45, 7) is 1.98. The Labute approximate surface area is 137 Å². The molecular weight excluding hydrogens is 318 g/mol. The molecule has 1 heterocycles. The quantitative estimate of drug-likeness (QED) is 0.736. The molecule has 2 aromatic carbocycles. The highest BCUT2D eigenvalue weighted by atomic mass is 35.5. The van der Waals surface area contributed by atoms with Crippen molar-refractivity contribution in [2.45, 2.75) is 6.92 Å². The van der Waals surface area contributed by atoms with Crippen LogP contribution in [0.4, 0.5) is 10.5 Å². The lowest BCUT2D eigenvalue weighted by molar-refractivity contribution is -0.113. The molecule has 1 fully saturated rings. The van der Waals surface area contributed by atoms with Gasteiger partial charge in [0.25, 0.3) is 11.1 Å². The van der Waals surface area contributed by atoms with Crippen LogP contribution in [0.5, 0.6) is 0 Å². The van der Waals surface area contributed by atoms with Gasteiger partial charge in [0.05, 0.1) is 10.6 Å². The largest absolute Gasteiger partial charge is 0.298 e. The molecule has 0 aliphatic carbocycles. The smallest absolute Gasteiger partial charge is 0.268 e. The Morgan fingerprint density at radius 1 is 1.09 bits per heavy atom. The van der Waals surface area contributed by atoms with Crippen molar-refractivity contribution in [3.63, 3.8) is 0 Å². The predicted octanol–water partition coefficient (Wildman–Crippen LogP) is 4.89. The molecule has 1 aliphatic heterocycles. The van der Waals surface area contributed by atoms with Gasteiger partial charge in [0.1, 0.15) is 0 Å². The van der Waals surface area contributed by atoms with Gasteiger partial charge in [-0.3, -0.25) is 9.59 Å². The molecule has 3 rings (SSSR count). The first-order valence-electron chi connectivity index (χ1n) is 6.65. The average Bonchev–Trinajstić information content (AvgIpc) is 2.73. The standard InChI is InChI=1S/C17H12ClNO2S/c1-11-4-2-5-12(8-11)9-15-16(20)19(17(21)22-15)14-7-3-6-13(18)10-14/h2-10H,1H3/b15-9-. The lowest BCUT2D eigenvalue weighted by Gasteiger charge is -2.12. The predicted molar refractivity (Wildman–Crippen MR) is 91.1 cm³/mol. The minimum absolute atomic E-state index is 0.314. The van der Waals surface area contributed by atoms with Gasteiger partial charge in [0, 0.05) is 5.02 Å². The van der Waals surface area contributed by atoms with E-state index < -0.39 is 0 Å². The van der Waals surface area contributed by atoms with Crippen LogP contribution in [0.2, 0.25) is 5.02 Å². The van der Waals surface area contributed by atoms with E-state index in [0.29, 0.717) is 15.6 Å². The number of anilines is 1. The highest BCUT2D eigenvalue weighted by Crippen LogP contribution is 2.36. The summed E-state index contributed by atoms with van der Waals surface area (Å²) in [4.78, 5) is 26.2. The van der Waals surface area contributed by atoms with Crippen LogP contribution in [0.25, 0.3) is 6.08 Å². The SMILES string of the molecule is Cc1cccc(/C=C2\SC(=O)N(c3cccc(Cl)c3)C2=O)c1. The molecule has 0 unspecified atom stereocenters. The Balaban J connectivity index is 1.95. The normalized spacial score (nSPS) is 16.6. The fourth-order valence-electron chi connectivity index (χ4n) is 2.22. The van der Waals surface area contributed by atoms with E-state index in [2.05, 4.69) is 0 Å². The molecule has 0 N–H and O–H groups in total. The van der Waals surface area contributed by atoms with E-state index in [9.17, 15) is 9.59 Å². The van der Waals surface area contributed by atoms with Gasteiger partial charge in [0.2, 0.25) is 0 Å². The average molecular weight is 330 g/mol. The van der Waals surface area contributed by atoms with Crippen molar-refractivity contribution in [3.05, 3.63) is 69.6 Å². The fourth-order valence-corrected chi connectivity index (χ4v) is 3.24. The van der Waals surface area contributed by atoms with Crippen molar-refractivity contribution in [3.8, 4) is 0 Å². The van der Waals surface area contributed by atoms with Crippen LogP contribution in [-0.2, 0) is 4.79 Å². The Kier molecular flexibility index (Phi) is 4.05. The number of halogens is 1. The molecule has 2 amide bonds. The lowest BCUT2D eigenvalue weighted by Crippen LogP contribution is -2.27. The van der Waals surface area contributed by atoms with E-state index in [1.165, 1.54) is 0 Å². The van der Waals surface area contributed by atoms with E-state index >= 15 is 0 Å². The van der Waals surface area contributed by atoms with Crippen LogP contribution >= 0.6 is 23.4 Å². The van der Waals surface area contributed by atoms with Gasteiger partial charge in [0.15, 0.2) is 0 Å². The molecule has 2 aromatic rings. The van der Waals surface area contributed by atoms with Gasteiger partial charge in [-0.1, -0.05) is 47.5 Å². The van der Waals surface area contributed by atoms with Gasteiger partial charge in [-0.2, -0.15) is 0 Å². The minimum atomic E-state index is -0.321. The zero-order valence-corrected chi connectivity index (χ0v) is 13.3. The Morgan fingerprint density at radius 3 is 2.59 bits per heavy atom. The van der Waals surface area contributed by atoms with Crippen molar-refractivity contribution in [1.82, 2.24) is 0 Å². The topological polar surface area (TPSA) is 37.4 Å². The van der Waals surface area contributed by atoms with Crippen LogP contribution in [-0.4, -0.2) is 11.1 Å². The Morgan fingerprint density at radius 2 is 1.86 bits per heavy atom. The fraction of sp³-hybridized carbons (Fsp3) is 0.0588. The van der Waals surface area contributed by atoms with Crippen molar-refractivity contribution >= 4 is 46.3 Å². The molecule has 110 valence electrons. The maximum Gasteiger partial charge on any atom is 0.298 e. The Hall–Kier alpha value is -2.04. The van der Waals surface area contributed by atoms with Crippen LogP contribution in [0.3, 0.4) is 0 Å². The maximum absolute atomic E-state index is 12.5. The first-order chi connectivity index (χ1) is 10.5. The van der Waals surface area contributed by atoms with E-state index in [0.717, 1.165) is 27.8 Å². The number of carbonyl (C=O) groups excluding carboxylic acids is 2. The van der Waals surface area contributed by atoms with Crippen molar-refractivity contribution in [1.29, 1.82) is 0 Å². The highest BCUT2D eigenvalue weighted by molar-refractivity contribution is 8.19. The minimum Gasteiger partial charge on any atom is -0.268 e. The zero-order valence-electron chi connectivity index (χ0n) is 11.7. The summed E-state index contributed by atoms with van der Waals surface area (Å²) in [5.41, 5.74) is 2.49. The monoisotopic (exact) mass is 329 g/mol. The highest BCUT2D eigenvalue weighted by Gasteiger charge is 2.36. The van der Waals surface area contributed by atoms with E-state index in [4.69, 9.17) is 11.6 Å². The second-order valence-corrected chi connectivity index (χ2v) is 6.34. The number of thioether (sulfide) groups is 1. The first kappa shape index (κ1) is 14.9. The number of hydrogen-bond donors (Lipinski definition) is 0. The molecule has 0 aromatic heterocycles. The van der Waals surface area contributed by atoms with Gasteiger partial charge in [-0.15, -0.1) is 0 Å². The third-order valence-corrected chi connectivity index (χ3v) is 4.30. The van der Waals surface area contributed by atoms with E-state index in [1.807, 2.05) is 31.2 Å². The molecule has 1 aliphatic rings. The zero-order chi connectivity index (χ0) is 15.7. The number of nitrogens with zero attached hydrogens (tertiary/aromatic N) is 1. The van der Waals surface area contributed by atoms with Crippen LogP contribution in [0.15, 0.2) is 53.4 Å². The van der Waals surface area contributed by atoms with E-state index in [-0.39, 0.29) is 11.1 Å². The number of carbonyl (C=O) groups is 2. The molecular formula is C17H12ClNO2S.